The molecule has 8 heteroatoms. The average Bonchev–Trinajstić information content (AvgIpc) is 2.88. The van der Waals surface area contributed by atoms with Crippen molar-refractivity contribution in [3.8, 4) is 22.8 Å². The summed E-state index contributed by atoms with van der Waals surface area (Å²) in [6.45, 7) is 6.27. The highest BCUT2D eigenvalue weighted by molar-refractivity contribution is 6.04. The number of rotatable bonds is 8. The predicted octanol–water partition coefficient (Wildman–Crippen LogP) is 6.25. The minimum Gasteiger partial charge on any atom is -0.497 e. The number of fused-ring (bicyclic) bond motifs is 1. The van der Waals surface area contributed by atoms with Gasteiger partial charge < -0.3 is 19.9 Å². The van der Waals surface area contributed by atoms with Gasteiger partial charge in [0.25, 0.3) is 0 Å². The summed E-state index contributed by atoms with van der Waals surface area (Å²) in [5.74, 6) is 1.99. The molecule has 0 atom stereocenters. The first-order valence-corrected chi connectivity index (χ1v) is 12.0. The van der Waals surface area contributed by atoms with Gasteiger partial charge in [-0.15, -0.1) is 0 Å². The number of nitrogens with one attached hydrogen (secondary N) is 1. The molecule has 0 aliphatic heterocycles. The predicted molar refractivity (Wildman–Crippen MR) is 147 cm³/mol. The summed E-state index contributed by atoms with van der Waals surface area (Å²) in [6, 6.07) is 19.3. The number of carboxylic acid groups (broad SMARTS) is 1. The summed E-state index contributed by atoms with van der Waals surface area (Å²) in [5, 5.41) is 15.1. The third-order valence-corrected chi connectivity index (χ3v) is 6.05. The summed E-state index contributed by atoms with van der Waals surface area (Å²) < 4.78 is 10.6. The molecule has 0 bridgehead atoms. The van der Waals surface area contributed by atoms with E-state index < -0.39 is 11.6 Å². The van der Waals surface area contributed by atoms with Crippen molar-refractivity contribution >= 4 is 28.5 Å². The van der Waals surface area contributed by atoms with E-state index in [2.05, 4.69) is 10.3 Å². The molecule has 0 unspecified atom stereocenters. The lowest BCUT2D eigenvalue weighted by atomic mass is 9.98. The molecular formula is C29H32N4O4. The number of hydrogen-bond acceptors (Lipinski definition) is 6. The molecule has 0 radical (unpaired) electrons. The molecule has 0 aliphatic rings. The molecule has 1 aromatic heterocycles. The van der Waals surface area contributed by atoms with Crippen LogP contribution in [0.5, 0.6) is 11.5 Å². The highest BCUT2D eigenvalue weighted by atomic mass is 16.5. The van der Waals surface area contributed by atoms with Crippen LogP contribution in [-0.4, -0.2) is 47.5 Å². The summed E-state index contributed by atoms with van der Waals surface area (Å²) in [6.07, 6.45) is 1.48. The van der Waals surface area contributed by atoms with Crippen molar-refractivity contribution in [1.82, 2.24) is 9.97 Å². The SMILES string of the molecule is COc1ccc(CCNc2nccc(-c3cc(N(C(=O)O)C(C)(C)C)c4cc(OC)ccc4c3)n2)cc1. The van der Waals surface area contributed by atoms with Crippen molar-refractivity contribution in [2.45, 2.75) is 32.7 Å². The van der Waals surface area contributed by atoms with Crippen LogP contribution in [0.3, 0.4) is 0 Å². The summed E-state index contributed by atoms with van der Waals surface area (Å²) >= 11 is 0. The number of carbonyl (C=O) groups is 1. The zero-order valence-corrected chi connectivity index (χ0v) is 21.8. The maximum Gasteiger partial charge on any atom is 0.412 e. The van der Waals surface area contributed by atoms with E-state index in [0.29, 0.717) is 29.6 Å². The van der Waals surface area contributed by atoms with Gasteiger partial charge in [0.05, 0.1) is 25.6 Å². The fourth-order valence-corrected chi connectivity index (χ4v) is 4.24. The van der Waals surface area contributed by atoms with Gasteiger partial charge in [-0.1, -0.05) is 18.2 Å². The number of amides is 1. The number of ether oxygens (including phenoxy) is 2. The van der Waals surface area contributed by atoms with Crippen LogP contribution in [0, 0.1) is 0 Å². The van der Waals surface area contributed by atoms with Crippen LogP contribution in [0.1, 0.15) is 26.3 Å². The first kappa shape index (κ1) is 25.8. The zero-order valence-electron chi connectivity index (χ0n) is 21.8. The number of nitrogens with zero attached hydrogens (tertiary/aromatic N) is 3. The standard InChI is InChI=1S/C29H32N4O4/c1-29(2,3)33(28(34)35)26-17-21(16-20-8-11-23(37-5)18-24(20)26)25-13-15-31-27(32-25)30-14-12-19-6-9-22(36-4)10-7-19/h6-11,13,15-18H,12,14H2,1-5H3,(H,34,35)(H,30,31,32). The van der Waals surface area contributed by atoms with Gasteiger partial charge in [0.1, 0.15) is 11.5 Å². The minimum atomic E-state index is -1.03. The van der Waals surface area contributed by atoms with E-state index in [9.17, 15) is 9.90 Å². The fourth-order valence-electron chi connectivity index (χ4n) is 4.24. The van der Waals surface area contributed by atoms with Gasteiger partial charge in [-0.3, -0.25) is 4.90 Å². The summed E-state index contributed by atoms with van der Waals surface area (Å²) in [4.78, 5) is 22.8. The van der Waals surface area contributed by atoms with Gasteiger partial charge in [-0.25, -0.2) is 14.8 Å². The Balaban J connectivity index is 1.67. The van der Waals surface area contributed by atoms with E-state index >= 15 is 0 Å². The van der Waals surface area contributed by atoms with Crippen LogP contribution in [0.15, 0.2) is 66.9 Å². The van der Waals surface area contributed by atoms with Crippen LogP contribution in [-0.2, 0) is 6.42 Å². The van der Waals surface area contributed by atoms with E-state index in [1.165, 1.54) is 10.5 Å². The summed E-state index contributed by atoms with van der Waals surface area (Å²) in [7, 11) is 3.25. The molecule has 0 aliphatic carbocycles. The Kier molecular flexibility index (Phi) is 7.47. The first-order chi connectivity index (χ1) is 17.7. The topological polar surface area (TPSA) is 96.8 Å². The van der Waals surface area contributed by atoms with Crippen LogP contribution in [0.4, 0.5) is 16.4 Å². The third kappa shape index (κ3) is 5.91. The van der Waals surface area contributed by atoms with Gasteiger partial charge >= 0.3 is 6.09 Å². The van der Waals surface area contributed by atoms with E-state index in [4.69, 9.17) is 14.5 Å². The molecule has 4 rings (SSSR count). The molecule has 8 nitrogen and oxygen atoms in total. The normalized spacial score (nSPS) is 11.3. The van der Waals surface area contributed by atoms with Crippen LogP contribution < -0.4 is 19.7 Å². The Hall–Kier alpha value is -4.33. The Labute approximate surface area is 216 Å². The maximum absolute atomic E-state index is 12.4. The molecule has 37 heavy (non-hydrogen) atoms. The van der Waals surface area contributed by atoms with Crippen molar-refractivity contribution in [2.75, 3.05) is 31.0 Å². The molecular weight excluding hydrogens is 468 g/mol. The number of anilines is 2. The lowest BCUT2D eigenvalue weighted by Crippen LogP contribution is -2.45. The molecule has 4 aromatic rings. The quantitative estimate of drug-likeness (QED) is 0.295. The number of hydrogen-bond donors (Lipinski definition) is 2. The second-order valence-corrected chi connectivity index (χ2v) is 9.66. The van der Waals surface area contributed by atoms with Crippen molar-refractivity contribution in [3.63, 3.8) is 0 Å². The van der Waals surface area contributed by atoms with E-state index in [0.717, 1.165) is 28.5 Å². The van der Waals surface area contributed by atoms with Crippen LogP contribution in [0.25, 0.3) is 22.0 Å². The highest BCUT2D eigenvalue weighted by Gasteiger charge is 2.30. The van der Waals surface area contributed by atoms with E-state index in [1.54, 1.807) is 20.4 Å². The molecule has 3 aromatic carbocycles. The Bertz CT molecular complexity index is 1400. The zero-order chi connectivity index (χ0) is 26.6. The van der Waals surface area contributed by atoms with Crippen molar-refractivity contribution in [2.24, 2.45) is 0 Å². The van der Waals surface area contributed by atoms with Gasteiger partial charge in [0.2, 0.25) is 5.95 Å². The largest absolute Gasteiger partial charge is 0.497 e. The van der Waals surface area contributed by atoms with Crippen molar-refractivity contribution < 1.29 is 19.4 Å². The molecule has 1 heterocycles. The Morgan fingerprint density at radius 3 is 2.32 bits per heavy atom. The minimum absolute atomic E-state index is 0.508. The van der Waals surface area contributed by atoms with Crippen molar-refractivity contribution in [1.29, 1.82) is 0 Å². The van der Waals surface area contributed by atoms with Gasteiger partial charge in [-0.05, 0) is 80.6 Å². The van der Waals surface area contributed by atoms with Crippen LogP contribution in [0.2, 0.25) is 0 Å². The first-order valence-electron chi connectivity index (χ1n) is 12.0. The number of benzene rings is 3. The van der Waals surface area contributed by atoms with Gasteiger partial charge in [0.15, 0.2) is 0 Å². The van der Waals surface area contributed by atoms with Crippen molar-refractivity contribution in [3.05, 3.63) is 72.4 Å². The Morgan fingerprint density at radius 2 is 1.68 bits per heavy atom. The monoisotopic (exact) mass is 500 g/mol. The van der Waals surface area contributed by atoms with Gasteiger partial charge in [0, 0.05) is 29.2 Å². The van der Waals surface area contributed by atoms with Crippen LogP contribution >= 0.6 is 0 Å². The molecule has 192 valence electrons. The van der Waals surface area contributed by atoms with E-state index in [1.807, 2.05) is 81.4 Å². The second kappa shape index (κ2) is 10.7. The van der Waals surface area contributed by atoms with E-state index in [-0.39, 0.29) is 0 Å². The lowest BCUT2D eigenvalue weighted by Gasteiger charge is -2.34. The average molecular weight is 501 g/mol. The number of methoxy groups -OCH3 is 2. The molecule has 0 fully saturated rings. The molecule has 2 N–H and O–H groups in total. The number of aromatic nitrogens is 2. The second-order valence-electron chi connectivity index (χ2n) is 9.66. The lowest BCUT2D eigenvalue weighted by molar-refractivity contribution is 0.196. The highest BCUT2D eigenvalue weighted by Crippen LogP contribution is 2.37. The molecule has 0 saturated heterocycles. The molecule has 0 saturated carbocycles. The maximum atomic E-state index is 12.4. The Morgan fingerprint density at radius 1 is 0.973 bits per heavy atom. The third-order valence-electron chi connectivity index (χ3n) is 6.05. The fraction of sp³-hybridized carbons (Fsp3) is 0.276. The van der Waals surface area contributed by atoms with Gasteiger partial charge in [-0.2, -0.15) is 0 Å². The molecule has 1 amide bonds. The smallest absolute Gasteiger partial charge is 0.412 e. The summed E-state index contributed by atoms with van der Waals surface area (Å²) in [5.41, 5.74) is 2.57. The molecule has 0 spiro atoms.